The summed E-state index contributed by atoms with van der Waals surface area (Å²) in [4.78, 5) is 4.74. The van der Waals surface area contributed by atoms with E-state index in [1.165, 1.54) is 17.7 Å². The molecular weight excluding hydrogens is 272 g/mol. The molecular formula is C15H26N2S2. The van der Waals surface area contributed by atoms with E-state index in [-0.39, 0.29) is 0 Å². The second kappa shape index (κ2) is 7.46. The topological polar surface area (TPSA) is 6.48 Å². The average Bonchev–Trinajstić information content (AvgIpc) is 2.38. The smallest absolute Gasteiger partial charge is 0.0798 e. The van der Waals surface area contributed by atoms with E-state index in [9.17, 15) is 0 Å². The Balaban J connectivity index is 2.60. The molecule has 0 radical (unpaired) electrons. The van der Waals surface area contributed by atoms with Gasteiger partial charge in [0, 0.05) is 13.6 Å². The molecule has 0 saturated heterocycles. The monoisotopic (exact) mass is 298 g/mol. The van der Waals surface area contributed by atoms with Crippen molar-refractivity contribution in [3.63, 3.8) is 0 Å². The Morgan fingerprint density at radius 1 is 1.00 bits per heavy atom. The molecule has 0 heterocycles. The van der Waals surface area contributed by atoms with Gasteiger partial charge in [-0.2, -0.15) is 0 Å². The van der Waals surface area contributed by atoms with E-state index in [0.29, 0.717) is 5.92 Å². The van der Waals surface area contributed by atoms with Crippen molar-refractivity contribution < 1.29 is 0 Å². The molecule has 0 unspecified atom stereocenters. The third-order valence-electron chi connectivity index (χ3n) is 3.74. The summed E-state index contributed by atoms with van der Waals surface area (Å²) in [5, 5.41) is 0. The molecule has 1 aromatic rings. The molecule has 0 saturated carbocycles. The van der Waals surface area contributed by atoms with Crippen molar-refractivity contribution in [3.05, 3.63) is 14.6 Å². The molecule has 108 valence electrons. The molecule has 1 rings (SSSR count). The Hall–Kier alpha value is -0.320. The van der Waals surface area contributed by atoms with Crippen molar-refractivity contribution >= 4 is 30.1 Å². The fourth-order valence-electron chi connectivity index (χ4n) is 2.49. The van der Waals surface area contributed by atoms with E-state index < -0.39 is 0 Å². The van der Waals surface area contributed by atoms with E-state index in [1.54, 1.807) is 0 Å². The van der Waals surface area contributed by atoms with Crippen molar-refractivity contribution in [1.82, 2.24) is 4.90 Å². The predicted molar refractivity (Wildman–Crippen MR) is 90.2 cm³/mol. The summed E-state index contributed by atoms with van der Waals surface area (Å²) in [6.45, 7) is 13.3. The minimum absolute atomic E-state index is 0.472. The second-order valence-electron chi connectivity index (χ2n) is 5.38. The molecule has 4 heteroatoms. The van der Waals surface area contributed by atoms with Crippen molar-refractivity contribution in [2.24, 2.45) is 0 Å². The first-order valence-corrected chi connectivity index (χ1v) is 8.02. The van der Waals surface area contributed by atoms with E-state index in [4.69, 9.17) is 24.4 Å². The highest BCUT2D eigenvalue weighted by atomic mass is 32.1. The van der Waals surface area contributed by atoms with Crippen LogP contribution in [-0.2, 0) is 0 Å². The quantitative estimate of drug-likeness (QED) is 0.659. The lowest BCUT2D eigenvalue weighted by molar-refractivity contribution is 0.301. The average molecular weight is 299 g/mol. The van der Waals surface area contributed by atoms with Gasteiger partial charge < -0.3 is 9.80 Å². The fraction of sp³-hybridized carbons (Fsp3) is 0.733. The van der Waals surface area contributed by atoms with E-state index >= 15 is 0 Å². The van der Waals surface area contributed by atoms with Gasteiger partial charge in [-0.05, 0) is 37.5 Å². The van der Waals surface area contributed by atoms with Crippen LogP contribution in [0, 0.1) is 9.02 Å². The predicted octanol–water partition coefficient (Wildman–Crippen LogP) is 4.31. The molecule has 1 aromatic carbocycles. The summed E-state index contributed by atoms with van der Waals surface area (Å²) in [6.07, 6.45) is 1.17. The standard InChI is InChI=1S/C15H26N2S2/c1-6-17(7-2)10-8-9-16(5)13-12(11(3)4)14(18)15(13)19/h11H,6-10H2,1-5H3. The van der Waals surface area contributed by atoms with Gasteiger partial charge in [-0.15, -0.1) is 0 Å². The van der Waals surface area contributed by atoms with Crippen LogP contribution in [0.4, 0.5) is 5.69 Å². The first-order valence-electron chi connectivity index (χ1n) is 7.20. The number of anilines is 1. The number of rotatable bonds is 8. The third kappa shape index (κ3) is 3.83. The van der Waals surface area contributed by atoms with Crippen molar-refractivity contribution in [3.8, 4) is 0 Å². The molecule has 19 heavy (non-hydrogen) atoms. The van der Waals surface area contributed by atoms with Gasteiger partial charge >= 0.3 is 0 Å². The SMILES string of the molecule is CCN(CC)CCCN(C)c1c(C(C)C)c(=S)c1=S. The first-order chi connectivity index (χ1) is 8.93. The Morgan fingerprint density at radius 3 is 2.05 bits per heavy atom. The maximum atomic E-state index is 5.40. The molecule has 0 atom stereocenters. The molecule has 0 amide bonds. The lowest BCUT2D eigenvalue weighted by Crippen LogP contribution is -2.29. The molecule has 0 bridgehead atoms. The molecule has 0 spiro atoms. The normalized spacial score (nSPS) is 11.7. The van der Waals surface area contributed by atoms with E-state index in [2.05, 4.69) is 44.5 Å². The Morgan fingerprint density at radius 2 is 1.58 bits per heavy atom. The first kappa shape index (κ1) is 16.7. The van der Waals surface area contributed by atoms with Crippen LogP contribution in [0.25, 0.3) is 0 Å². The molecule has 2 nitrogen and oxygen atoms in total. The van der Waals surface area contributed by atoms with Gasteiger partial charge in [0.15, 0.2) is 0 Å². The lowest BCUT2D eigenvalue weighted by Gasteiger charge is -2.28. The minimum Gasteiger partial charge on any atom is -0.373 e. The van der Waals surface area contributed by atoms with Gasteiger partial charge in [-0.25, -0.2) is 0 Å². The maximum Gasteiger partial charge on any atom is 0.0798 e. The second-order valence-corrected chi connectivity index (χ2v) is 6.19. The highest BCUT2D eigenvalue weighted by Gasteiger charge is 2.20. The van der Waals surface area contributed by atoms with Crippen LogP contribution in [0.15, 0.2) is 0 Å². The summed E-state index contributed by atoms with van der Waals surface area (Å²) in [6, 6.07) is 0. The van der Waals surface area contributed by atoms with E-state index in [1.807, 2.05) is 0 Å². The van der Waals surface area contributed by atoms with Gasteiger partial charge in [-0.1, -0.05) is 52.1 Å². The van der Waals surface area contributed by atoms with Crippen molar-refractivity contribution in [2.75, 3.05) is 38.1 Å². The zero-order chi connectivity index (χ0) is 14.6. The van der Waals surface area contributed by atoms with Crippen molar-refractivity contribution in [2.45, 2.75) is 40.0 Å². The van der Waals surface area contributed by atoms with Crippen LogP contribution < -0.4 is 4.90 Å². The largest absolute Gasteiger partial charge is 0.373 e. The summed E-state index contributed by atoms with van der Waals surface area (Å²) in [5.41, 5.74) is 2.50. The lowest BCUT2D eigenvalue weighted by atomic mass is 9.96. The van der Waals surface area contributed by atoms with E-state index in [0.717, 1.165) is 35.2 Å². The van der Waals surface area contributed by atoms with Gasteiger partial charge in [0.2, 0.25) is 0 Å². The zero-order valence-corrected chi connectivity index (χ0v) is 14.5. The Labute approximate surface area is 128 Å². The van der Waals surface area contributed by atoms with Gasteiger partial charge in [0.25, 0.3) is 0 Å². The molecule has 0 aliphatic rings. The molecule has 0 aromatic heterocycles. The maximum absolute atomic E-state index is 5.40. The van der Waals surface area contributed by atoms with Gasteiger partial charge in [0.1, 0.15) is 0 Å². The highest BCUT2D eigenvalue weighted by Crippen LogP contribution is 2.35. The number of hydrogen-bond acceptors (Lipinski definition) is 4. The van der Waals surface area contributed by atoms with Crippen LogP contribution >= 0.6 is 24.4 Å². The summed E-state index contributed by atoms with van der Waals surface area (Å²) in [5.74, 6) is 0.472. The van der Waals surface area contributed by atoms with Crippen LogP contribution in [0.5, 0.6) is 0 Å². The zero-order valence-electron chi connectivity index (χ0n) is 12.8. The summed E-state index contributed by atoms with van der Waals surface area (Å²) >= 11 is 10.8. The van der Waals surface area contributed by atoms with Gasteiger partial charge in [0.05, 0.1) is 14.7 Å². The third-order valence-corrected chi connectivity index (χ3v) is 4.69. The fourth-order valence-corrected chi connectivity index (χ4v) is 3.30. The molecule has 0 fully saturated rings. The Bertz CT molecular complexity index is 469. The minimum atomic E-state index is 0.472. The Kier molecular flexibility index (Phi) is 6.57. The van der Waals surface area contributed by atoms with Crippen LogP contribution in [0.1, 0.15) is 45.6 Å². The summed E-state index contributed by atoms with van der Waals surface area (Å²) < 4.78 is 1.81. The highest BCUT2D eigenvalue weighted by molar-refractivity contribution is 7.74. The molecule has 0 N–H and O–H groups in total. The number of hydrogen-bond donors (Lipinski definition) is 0. The van der Waals surface area contributed by atoms with Crippen LogP contribution in [0.3, 0.4) is 0 Å². The molecule has 0 aliphatic heterocycles. The van der Waals surface area contributed by atoms with Crippen molar-refractivity contribution in [1.29, 1.82) is 0 Å². The van der Waals surface area contributed by atoms with Crippen LogP contribution in [0.2, 0.25) is 0 Å². The van der Waals surface area contributed by atoms with Crippen LogP contribution in [-0.4, -0.2) is 38.1 Å². The summed E-state index contributed by atoms with van der Waals surface area (Å²) in [7, 11) is 2.13. The van der Waals surface area contributed by atoms with Gasteiger partial charge in [-0.3, -0.25) is 0 Å². The number of nitrogens with zero attached hydrogens (tertiary/aromatic N) is 2. The molecule has 0 aliphatic carbocycles.